The highest BCUT2D eigenvalue weighted by molar-refractivity contribution is 5.91. The first-order valence-electron chi connectivity index (χ1n) is 10.4. The largest absolute Gasteiger partial charge is 0.497 e. The smallest absolute Gasteiger partial charge is 0.187 e. The van der Waals surface area contributed by atoms with Gasteiger partial charge in [0.25, 0.3) is 0 Å². The van der Waals surface area contributed by atoms with Crippen LogP contribution in [0.4, 0.5) is 15.9 Å². The summed E-state index contributed by atoms with van der Waals surface area (Å²) in [6.45, 7) is 2.18. The number of pyridine rings is 1. The van der Waals surface area contributed by atoms with Crippen molar-refractivity contribution >= 4 is 22.4 Å². The number of nitrogens with one attached hydrogen (secondary N) is 1. The molecule has 0 atom stereocenters. The molecular formula is C25H21FN6O. The van der Waals surface area contributed by atoms with Gasteiger partial charge in [-0.3, -0.25) is 9.67 Å². The third kappa shape index (κ3) is 4.10. The molecule has 3 heterocycles. The molecule has 5 rings (SSSR count). The van der Waals surface area contributed by atoms with Gasteiger partial charge in [0.05, 0.1) is 24.9 Å². The molecule has 8 heteroatoms. The molecule has 33 heavy (non-hydrogen) atoms. The highest BCUT2D eigenvalue weighted by Gasteiger charge is 2.19. The molecule has 2 aromatic carbocycles. The first-order chi connectivity index (χ1) is 16.1. The SMILES string of the molecule is COc1ccc(Cn2nc(-c3nc(C)c(F)c(Nc4ccncc4)n3)c3ccccc32)cc1. The monoisotopic (exact) mass is 440 g/mol. The number of anilines is 2. The average Bonchev–Trinajstić information content (AvgIpc) is 3.21. The Kier molecular flexibility index (Phi) is 5.40. The van der Waals surface area contributed by atoms with Crippen LogP contribution in [-0.4, -0.2) is 31.8 Å². The summed E-state index contributed by atoms with van der Waals surface area (Å²) >= 11 is 0. The zero-order valence-electron chi connectivity index (χ0n) is 18.2. The lowest BCUT2D eigenvalue weighted by Gasteiger charge is -2.09. The maximum absolute atomic E-state index is 14.8. The van der Waals surface area contributed by atoms with Crippen LogP contribution in [0.2, 0.25) is 0 Å². The summed E-state index contributed by atoms with van der Waals surface area (Å²) in [6.07, 6.45) is 3.26. The second-order valence-corrected chi connectivity index (χ2v) is 7.53. The van der Waals surface area contributed by atoms with Crippen LogP contribution in [0.1, 0.15) is 11.3 Å². The van der Waals surface area contributed by atoms with E-state index in [1.54, 1.807) is 38.6 Å². The van der Waals surface area contributed by atoms with Crippen molar-refractivity contribution in [1.29, 1.82) is 0 Å². The molecule has 0 aliphatic heterocycles. The number of rotatable bonds is 6. The van der Waals surface area contributed by atoms with Gasteiger partial charge in [0, 0.05) is 23.5 Å². The lowest BCUT2D eigenvalue weighted by molar-refractivity contribution is 0.414. The van der Waals surface area contributed by atoms with Gasteiger partial charge in [-0.25, -0.2) is 14.4 Å². The zero-order valence-corrected chi connectivity index (χ0v) is 18.2. The third-order valence-corrected chi connectivity index (χ3v) is 5.32. The van der Waals surface area contributed by atoms with Gasteiger partial charge in [-0.15, -0.1) is 0 Å². The average molecular weight is 440 g/mol. The van der Waals surface area contributed by atoms with E-state index >= 15 is 0 Å². The fourth-order valence-corrected chi connectivity index (χ4v) is 3.64. The lowest BCUT2D eigenvalue weighted by Crippen LogP contribution is -2.05. The molecule has 0 saturated carbocycles. The summed E-state index contributed by atoms with van der Waals surface area (Å²) in [4.78, 5) is 12.9. The minimum absolute atomic E-state index is 0.0949. The number of methoxy groups -OCH3 is 1. The van der Waals surface area contributed by atoms with Crippen molar-refractivity contribution in [3.05, 3.63) is 90.1 Å². The fraction of sp³-hybridized carbons (Fsp3) is 0.120. The summed E-state index contributed by atoms with van der Waals surface area (Å²) in [5.74, 6) is 0.749. The second kappa shape index (κ2) is 8.66. The van der Waals surface area contributed by atoms with Crippen LogP contribution in [0.25, 0.3) is 22.4 Å². The molecule has 0 amide bonds. The van der Waals surface area contributed by atoms with Gasteiger partial charge in [-0.2, -0.15) is 5.10 Å². The molecule has 0 aliphatic carbocycles. The number of hydrogen-bond acceptors (Lipinski definition) is 6. The Labute approximate surface area is 189 Å². The van der Waals surface area contributed by atoms with E-state index < -0.39 is 5.82 Å². The van der Waals surface area contributed by atoms with E-state index in [0.29, 0.717) is 23.8 Å². The van der Waals surface area contributed by atoms with Gasteiger partial charge in [-0.1, -0.05) is 30.3 Å². The number of benzene rings is 2. The molecule has 0 spiro atoms. The number of nitrogens with zero attached hydrogens (tertiary/aromatic N) is 5. The molecule has 1 N–H and O–H groups in total. The number of hydrogen-bond donors (Lipinski definition) is 1. The topological polar surface area (TPSA) is 77.8 Å². The van der Waals surface area contributed by atoms with Crippen LogP contribution in [0.3, 0.4) is 0 Å². The molecule has 0 unspecified atom stereocenters. The van der Waals surface area contributed by atoms with Gasteiger partial charge >= 0.3 is 0 Å². The fourth-order valence-electron chi connectivity index (χ4n) is 3.64. The predicted octanol–water partition coefficient (Wildman–Crippen LogP) is 5.14. The van der Waals surface area contributed by atoms with Crippen molar-refractivity contribution < 1.29 is 9.13 Å². The minimum atomic E-state index is -0.502. The summed E-state index contributed by atoms with van der Waals surface area (Å²) < 4.78 is 22.0. The summed E-state index contributed by atoms with van der Waals surface area (Å²) in [5.41, 5.74) is 3.54. The highest BCUT2D eigenvalue weighted by Crippen LogP contribution is 2.29. The summed E-state index contributed by atoms with van der Waals surface area (Å²) in [6, 6.07) is 19.2. The molecule has 3 aromatic heterocycles. The zero-order chi connectivity index (χ0) is 22.8. The number of aryl methyl sites for hydroxylation is 1. The van der Waals surface area contributed by atoms with Crippen molar-refractivity contribution in [3.8, 4) is 17.3 Å². The van der Waals surface area contributed by atoms with Crippen molar-refractivity contribution in [2.75, 3.05) is 12.4 Å². The normalized spacial score (nSPS) is 11.0. The molecule has 0 fully saturated rings. The van der Waals surface area contributed by atoms with E-state index in [4.69, 9.17) is 9.84 Å². The molecule has 0 bridgehead atoms. The van der Waals surface area contributed by atoms with Gasteiger partial charge in [0.1, 0.15) is 11.4 Å². The van der Waals surface area contributed by atoms with Crippen molar-refractivity contribution in [3.63, 3.8) is 0 Å². The number of halogens is 1. The predicted molar refractivity (Wildman–Crippen MR) is 125 cm³/mol. The number of aromatic nitrogens is 5. The van der Waals surface area contributed by atoms with Crippen LogP contribution >= 0.6 is 0 Å². The van der Waals surface area contributed by atoms with Crippen molar-refractivity contribution in [2.24, 2.45) is 0 Å². The molecule has 5 aromatic rings. The Balaban J connectivity index is 1.57. The first-order valence-corrected chi connectivity index (χ1v) is 10.4. The number of ether oxygens (including phenoxy) is 1. The Bertz CT molecular complexity index is 1420. The standard InChI is InChI=1S/C25H21FN6O/c1-16-22(26)24(29-18-11-13-27-14-12-18)30-25(28-16)23-20-5-3-4-6-21(20)32(31-23)15-17-7-9-19(33-2)10-8-17/h3-14H,15H2,1-2H3,(H,27,28,29,30). The van der Waals surface area contributed by atoms with Crippen LogP contribution in [0.15, 0.2) is 73.1 Å². The molecule has 0 radical (unpaired) electrons. The highest BCUT2D eigenvalue weighted by atomic mass is 19.1. The van der Waals surface area contributed by atoms with E-state index in [2.05, 4.69) is 20.3 Å². The lowest BCUT2D eigenvalue weighted by atomic mass is 10.2. The third-order valence-electron chi connectivity index (χ3n) is 5.32. The van der Waals surface area contributed by atoms with E-state index in [1.807, 2.05) is 53.2 Å². The first kappa shape index (κ1) is 20.6. The summed E-state index contributed by atoms with van der Waals surface area (Å²) in [7, 11) is 1.64. The van der Waals surface area contributed by atoms with Crippen LogP contribution in [0.5, 0.6) is 5.75 Å². The number of fused-ring (bicyclic) bond motifs is 1. The minimum Gasteiger partial charge on any atom is -0.497 e. The Morgan fingerprint density at radius 1 is 0.970 bits per heavy atom. The van der Waals surface area contributed by atoms with Gasteiger partial charge in [0.2, 0.25) is 0 Å². The Morgan fingerprint density at radius 3 is 2.48 bits per heavy atom. The molecule has 7 nitrogen and oxygen atoms in total. The Morgan fingerprint density at radius 2 is 1.73 bits per heavy atom. The molecule has 0 saturated heterocycles. The molecule has 164 valence electrons. The van der Waals surface area contributed by atoms with Gasteiger partial charge in [0.15, 0.2) is 17.5 Å². The van der Waals surface area contributed by atoms with E-state index in [1.165, 1.54) is 0 Å². The second-order valence-electron chi connectivity index (χ2n) is 7.53. The van der Waals surface area contributed by atoms with E-state index in [0.717, 1.165) is 22.2 Å². The van der Waals surface area contributed by atoms with Crippen molar-refractivity contribution in [2.45, 2.75) is 13.5 Å². The quantitative estimate of drug-likeness (QED) is 0.394. The van der Waals surface area contributed by atoms with Crippen LogP contribution in [0, 0.1) is 12.7 Å². The van der Waals surface area contributed by atoms with Crippen molar-refractivity contribution in [1.82, 2.24) is 24.7 Å². The molecular weight excluding hydrogens is 419 g/mol. The summed E-state index contributed by atoms with van der Waals surface area (Å²) in [5, 5.41) is 8.73. The van der Waals surface area contributed by atoms with E-state index in [9.17, 15) is 4.39 Å². The van der Waals surface area contributed by atoms with Gasteiger partial charge in [-0.05, 0) is 42.8 Å². The van der Waals surface area contributed by atoms with Crippen LogP contribution in [-0.2, 0) is 6.54 Å². The maximum Gasteiger partial charge on any atom is 0.187 e. The maximum atomic E-state index is 14.8. The molecule has 0 aliphatic rings. The Hall–Kier alpha value is -4.33. The van der Waals surface area contributed by atoms with Gasteiger partial charge < -0.3 is 10.1 Å². The van der Waals surface area contributed by atoms with E-state index in [-0.39, 0.29) is 11.5 Å². The number of para-hydroxylation sites is 1. The van der Waals surface area contributed by atoms with Crippen LogP contribution < -0.4 is 10.1 Å².